The fraction of sp³-hybridized carbons (Fsp3) is 0.588. The molecule has 0 spiro atoms. The van der Waals surface area contributed by atoms with E-state index in [1.165, 1.54) is 11.1 Å². The molecule has 1 aliphatic rings. The van der Waals surface area contributed by atoms with Crippen LogP contribution in [0.15, 0.2) is 24.3 Å². The first-order valence-corrected chi connectivity index (χ1v) is 7.82. The summed E-state index contributed by atoms with van der Waals surface area (Å²) >= 11 is 0. The predicted molar refractivity (Wildman–Crippen MR) is 84.1 cm³/mol. The number of benzene rings is 1. The minimum Gasteiger partial charge on any atom is -0.380 e. The molecule has 0 aromatic heterocycles. The minimum atomic E-state index is -0.129. The molecule has 0 saturated heterocycles. The average Bonchev–Trinajstić information content (AvgIpc) is 2.49. The van der Waals surface area contributed by atoms with Crippen LogP contribution in [0, 0.1) is 5.92 Å². The Morgan fingerprint density at radius 1 is 1.33 bits per heavy atom. The molecule has 1 aromatic carbocycles. The molecule has 1 amide bonds. The summed E-state index contributed by atoms with van der Waals surface area (Å²) in [6.07, 6.45) is 1.82. The molecule has 1 aliphatic heterocycles. The summed E-state index contributed by atoms with van der Waals surface area (Å²) in [4.78, 5) is 12.1. The van der Waals surface area contributed by atoms with Crippen LogP contribution in [0.4, 0.5) is 0 Å². The van der Waals surface area contributed by atoms with Gasteiger partial charge in [-0.3, -0.25) is 4.79 Å². The van der Waals surface area contributed by atoms with E-state index in [0.717, 1.165) is 26.0 Å². The van der Waals surface area contributed by atoms with Crippen LogP contribution in [-0.4, -0.2) is 31.7 Å². The van der Waals surface area contributed by atoms with Gasteiger partial charge in [0.25, 0.3) is 0 Å². The number of hydrogen-bond acceptors (Lipinski definition) is 3. The molecular weight excluding hydrogens is 264 g/mol. The van der Waals surface area contributed by atoms with Crippen LogP contribution < -0.4 is 10.6 Å². The lowest BCUT2D eigenvalue weighted by atomic mass is 9.95. The van der Waals surface area contributed by atoms with Gasteiger partial charge in [-0.25, -0.2) is 0 Å². The molecule has 0 radical (unpaired) electrons. The lowest BCUT2D eigenvalue weighted by Crippen LogP contribution is -2.48. The standard InChI is InChI=1S/C17H26N2O2/c1-13(2)7-9-21-10-8-18-17(20)16-11-14-5-3-4-6-15(14)12-19-16/h3-6,13,16,19H,7-12H2,1-2H3,(H,18,20). The molecule has 2 rings (SSSR count). The maximum absolute atomic E-state index is 12.1. The molecule has 4 heteroatoms. The van der Waals surface area contributed by atoms with Gasteiger partial charge in [0.05, 0.1) is 12.6 Å². The Balaban J connectivity index is 1.66. The second-order valence-electron chi connectivity index (χ2n) is 5.99. The zero-order valence-corrected chi connectivity index (χ0v) is 13.0. The fourth-order valence-corrected chi connectivity index (χ4v) is 2.43. The van der Waals surface area contributed by atoms with Crippen molar-refractivity contribution < 1.29 is 9.53 Å². The van der Waals surface area contributed by atoms with Gasteiger partial charge in [-0.15, -0.1) is 0 Å². The maximum atomic E-state index is 12.1. The summed E-state index contributed by atoms with van der Waals surface area (Å²) < 4.78 is 5.50. The Kier molecular flexibility index (Phi) is 6.21. The summed E-state index contributed by atoms with van der Waals surface area (Å²) in [6, 6.07) is 8.15. The molecule has 1 unspecified atom stereocenters. The van der Waals surface area contributed by atoms with Gasteiger partial charge in [0.1, 0.15) is 0 Å². The number of hydrogen-bond donors (Lipinski definition) is 2. The molecule has 1 heterocycles. The van der Waals surface area contributed by atoms with Crippen molar-refractivity contribution in [2.45, 2.75) is 39.3 Å². The average molecular weight is 290 g/mol. The van der Waals surface area contributed by atoms with Crippen molar-refractivity contribution in [3.05, 3.63) is 35.4 Å². The Labute approximate surface area is 127 Å². The number of fused-ring (bicyclic) bond motifs is 1. The van der Waals surface area contributed by atoms with Gasteiger partial charge in [-0.2, -0.15) is 0 Å². The number of rotatable bonds is 7. The van der Waals surface area contributed by atoms with Crippen molar-refractivity contribution in [3.8, 4) is 0 Å². The van der Waals surface area contributed by atoms with Gasteiger partial charge in [-0.1, -0.05) is 38.1 Å². The first kappa shape index (κ1) is 16.0. The van der Waals surface area contributed by atoms with Crippen molar-refractivity contribution in [2.75, 3.05) is 19.8 Å². The van der Waals surface area contributed by atoms with E-state index in [9.17, 15) is 4.79 Å². The van der Waals surface area contributed by atoms with Crippen molar-refractivity contribution in [2.24, 2.45) is 5.92 Å². The van der Waals surface area contributed by atoms with Gasteiger partial charge in [0.2, 0.25) is 5.91 Å². The molecule has 21 heavy (non-hydrogen) atoms. The fourth-order valence-electron chi connectivity index (χ4n) is 2.43. The van der Waals surface area contributed by atoms with Crippen LogP contribution in [0.2, 0.25) is 0 Å². The van der Waals surface area contributed by atoms with Gasteiger partial charge in [0.15, 0.2) is 0 Å². The van der Waals surface area contributed by atoms with Gasteiger partial charge in [-0.05, 0) is 29.9 Å². The lowest BCUT2D eigenvalue weighted by molar-refractivity contribution is -0.123. The van der Waals surface area contributed by atoms with E-state index in [2.05, 4.69) is 36.6 Å². The van der Waals surface area contributed by atoms with E-state index < -0.39 is 0 Å². The second kappa shape index (κ2) is 8.15. The molecule has 116 valence electrons. The Hall–Kier alpha value is -1.39. The van der Waals surface area contributed by atoms with Crippen molar-refractivity contribution in [3.63, 3.8) is 0 Å². The van der Waals surface area contributed by atoms with E-state index in [1.54, 1.807) is 0 Å². The van der Waals surface area contributed by atoms with E-state index in [4.69, 9.17) is 4.74 Å². The van der Waals surface area contributed by atoms with Crippen LogP contribution in [0.5, 0.6) is 0 Å². The Morgan fingerprint density at radius 3 is 2.86 bits per heavy atom. The van der Waals surface area contributed by atoms with Crippen LogP contribution in [0.1, 0.15) is 31.4 Å². The number of amides is 1. The first-order valence-electron chi connectivity index (χ1n) is 7.82. The predicted octanol–water partition coefficient (Wildman–Crippen LogP) is 1.88. The number of carbonyl (C=O) groups excluding carboxylic acids is 1. The molecular formula is C17H26N2O2. The molecule has 2 N–H and O–H groups in total. The third kappa shape index (κ3) is 5.14. The van der Waals surface area contributed by atoms with E-state index >= 15 is 0 Å². The molecule has 4 nitrogen and oxygen atoms in total. The molecule has 0 fully saturated rings. The number of carbonyl (C=O) groups is 1. The Morgan fingerprint density at radius 2 is 2.10 bits per heavy atom. The second-order valence-corrected chi connectivity index (χ2v) is 5.99. The SMILES string of the molecule is CC(C)CCOCCNC(=O)C1Cc2ccccc2CN1. The summed E-state index contributed by atoms with van der Waals surface area (Å²) in [7, 11) is 0. The van der Waals surface area contributed by atoms with Crippen LogP contribution in [0.25, 0.3) is 0 Å². The quantitative estimate of drug-likeness (QED) is 0.754. The topological polar surface area (TPSA) is 50.4 Å². The third-order valence-corrected chi connectivity index (χ3v) is 3.78. The van der Waals surface area contributed by atoms with E-state index in [1.807, 2.05) is 12.1 Å². The zero-order chi connectivity index (χ0) is 15.1. The Bertz CT molecular complexity index is 460. The molecule has 0 saturated carbocycles. The highest BCUT2D eigenvalue weighted by Crippen LogP contribution is 2.16. The van der Waals surface area contributed by atoms with Crippen molar-refractivity contribution >= 4 is 5.91 Å². The van der Waals surface area contributed by atoms with Gasteiger partial charge < -0.3 is 15.4 Å². The van der Waals surface area contributed by atoms with Crippen molar-refractivity contribution in [1.29, 1.82) is 0 Å². The van der Waals surface area contributed by atoms with E-state index in [-0.39, 0.29) is 11.9 Å². The van der Waals surface area contributed by atoms with Crippen LogP contribution in [0.3, 0.4) is 0 Å². The largest absolute Gasteiger partial charge is 0.380 e. The normalized spacial score (nSPS) is 17.6. The molecule has 0 bridgehead atoms. The number of nitrogens with one attached hydrogen (secondary N) is 2. The summed E-state index contributed by atoms with van der Waals surface area (Å²) in [5.41, 5.74) is 2.56. The lowest BCUT2D eigenvalue weighted by Gasteiger charge is -2.25. The smallest absolute Gasteiger partial charge is 0.237 e. The first-order chi connectivity index (χ1) is 10.2. The highest BCUT2D eigenvalue weighted by atomic mass is 16.5. The van der Waals surface area contributed by atoms with Gasteiger partial charge in [0, 0.05) is 19.7 Å². The number of ether oxygens (including phenoxy) is 1. The third-order valence-electron chi connectivity index (χ3n) is 3.78. The van der Waals surface area contributed by atoms with Gasteiger partial charge >= 0.3 is 0 Å². The molecule has 1 atom stereocenters. The highest BCUT2D eigenvalue weighted by Gasteiger charge is 2.23. The summed E-state index contributed by atoms with van der Waals surface area (Å²) in [6.45, 7) is 7.05. The zero-order valence-electron chi connectivity index (χ0n) is 13.0. The van der Waals surface area contributed by atoms with Crippen LogP contribution >= 0.6 is 0 Å². The maximum Gasteiger partial charge on any atom is 0.237 e. The summed E-state index contributed by atoms with van der Waals surface area (Å²) in [5.74, 6) is 0.725. The minimum absolute atomic E-state index is 0.0666. The van der Waals surface area contributed by atoms with Crippen molar-refractivity contribution in [1.82, 2.24) is 10.6 Å². The molecule has 0 aliphatic carbocycles. The molecule has 1 aromatic rings. The van der Waals surface area contributed by atoms with Crippen LogP contribution in [-0.2, 0) is 22.5 Å². The monoisotopic (exact) mass is 290 g/mol. The summed E-state index contributed by atoms with van der Waals surface area (Å²) in [5, 5.41) is 6.23. The highest BCUT2D eigenvalue weighted by molar-refractivity contribution is 5.82. The van der Waals surface area contributed by atoms with E-state index in [0.29, 0.717) is 19.1 Å².